The zero-order valence-electron chi connectivity index (χ0n) is 17.3. The second kappa shape index (κ2) is 8.92. The van der Waals surface area contributed by atoms with Gasteiger partial charge in [0.15, 0.2) is 5.76 Å². The molecule has 6 heteroatoms. The largest absolute Gasteiger partial charge is 0.507 e. The fraction of sp³-hybridized carbons (Fsp3) is 0.333. The van der Waals surface area contributed by atoms with Gasteiger partial charge in [0.1, 0.15) is 0 Å². The van der Waals surface area contributed by atoms with Crippen molar-refractivity contribution < 1.29 is 19.4 Å². The van der Waals surface area contributed by atoms with E-state index in [1.54, 1.807) is 26.0 Å². The molecule has 3 rings (SSSR count). The topological polar surface area (TPSA) is 75.6 Å². The number of aliphatic hydroxyl groups is 1. The normalized spacial score (nSPS) is 19.7. The van der Waals surface area contributed by atoms with Gasteiger partial charge in [0, 0.05) is 23.4 Å². The first-order valence-corrected chi connectivity index (χ1v) is 10.4. The Morgan fingerprint density at radius 2 is 1.73 bits per heavy atom. The van der Waals surface area contributed by atoms with Crippen molar-refractivity contribution in [1.82, 2.24) is 5.32 Å². The van der Waals surface area contributed by atoms with Gasteiger partial charge >= 0.3 is 5.97 Å². The summed E-state index contributed by atoms with van der Waals surface area (Å²) in [6.07, 6.45) is 0.586. The van der Waals surface area contributed by atoms with Crippen LogP contribution in [0.2, 0.25) is 5.02 Å². The molecule has 2 N–H and O–H groups in total. The first-order valence-electron chi connectivity index (χ1n) is 10.0. The Hall–Kier alpha value is -2.79. The molecule has 0 saturated carbocycles. The van der Waals surface area contributed by atoms with Gasteiger partial charge < -0.3 is 15.2 Å². The van der Waals surface area contributed by atoms with Gasteiger partial charge in [-0.2, -0.15) is 0 Å². The maximum Gasteiger partial charge on any atom is 0.339 e. The molecule has 2 aromatic carbocycles. The minimum absolute atomic E-state index is 0.128. The monoisotopic (exact) mass is 427 g/mol. The van der Waals surface area contributed by atoms with Crippen LogP contribution in [-0.2, 0) is 20.7 Å². The van der Waals surface area contributed by atoms with Crippen LogP contribution < -0.4 is 5.32 Å². The maximum atomic E-state index is 13.1. The number of hydrogen-bond acceptors (Lipinski definition) is 4. The van der Waals surface area contributed by atoms with Crippen molar-refractivity contribution >= 4 is 23.5 Å². The van der Waals surface area contributed by atoms with Crippen LogP contribution in [0.5, 0.6) is 0 Å². The van der Waals surface area contributed by atoms with Crippen LogP contribution in [0, 0.1) is 5.92 Å². The van der Waals surface area contributed by atoms with Crippen LogP contribution in [0.3, 0.4) is 0 Å². The smallest absolute Gasteiger partial charge is 0.339 e. The van der Waals surface area contributed by atoms with Crippen molar-refractivity contribution in [1.29, 1.82) is 0 Å². The number of amides is 1. The third kappa shape index (κ3) is 4.08. The zero-order valence-corrected chi connectivity index (χ0v) is 18.1. The highest BCUT2D eigenvalue weighted by Gasteiger charge is 2.57. The Morgan fingerprint density at radius 1 is 1.10 bits per heavy atom. The van der Waals surface area contributed by atoms with E-state index in [1.807, 2.05) is 49.4 Å². The van der Waals surface area contributed by atoms with E-state index >= 15 is 0 Å². The number of carbonyl (C=O) groups excluding carboxylic acids is 2. The summed E-state index contributed by atoms with van der Waals surface area (Å²) in [4.78, 5) is 25.8. The Labute approximate surface area is 181 Å². The van der Waals surface area contributed by atoms with Crippen molar-refractivity contribution in [2.75, 3.05) is 6.54 Å². The van der Waals surface area contributed by atoms with Gasteiger partial charge in [0.05, 0.1) is 5.57 Å². The molecular weight excluding hydrogens is 402 g/mol. The van der Waals surface area contributed by atoms with Crippen molar-refractivity contribution in [2.24, 2.45) is 5.92 Å². The molecular formula is C24H26ClNO4. The van der Waals surface area contributed by atoms with Crippen LogP contribution in [0.15, 0.2) is 65.9 Å². The lowest BCUT2D eigenvalue weighted by Crippen LogP contribution is -2.53. The molecule has 1 aliphatic heterocycles. The molecule has 2 atom stereocenters. The third-order valence-electron chi connectivity index (χ3n) is 5.58. The second-order valence-electron chi connectivity index (χ2n) is 7.81. The average molecular weight is 428 g/mol. The number of ether oxygens (including phenoxy) is 1. The summed E-state index contributed by atoms with van der Waals surface area (Å²) in [5.41, 5.74) is 0.274. The van der Waals surface area contributed by atoms with E-state index in [4.69, 9.17) is 16.3 Å². The average Bonchev–Trinajstić information content (AvgIpc) is 3.01. The van der Waals surface area contributed by atoms with E-state index in [9.17, 15) is 14.7 Å². The molecule has 0 aliphatic carbocycles. The van der Waals surface area contributed by atoms with E-state index in [0.29, 0.717) is 18.0 Å². The Balaban J connectivity index is 1.82. The van der Waals surface area contributed by atoms with Gasteiger partial charge in [-0.15, -0.1) is 0 Å². The SMILES string of the molecule is CC(C1=C(O)C(C(=O)NCCc2ccc(Cl)cc2)(C(C)C)OC1=O)c1ccccc1. The molecule has 5 nitrogen and oxygen atoms in total. The number of hydrogen-bond donors (Lipinski definition) is 2. The molecule has 30 heavy (non-hydrogen) atoms. The lowest BCUT2D eigenvalue weighted by Gasteiger charge is -2.30. The summed E-state index contributed by atoms with van der Waals surface area (Å²) >= 11 is 5.90. The highest BCUT2D eigenvalue weighted by Crippen LogP contribution is 2.42. The van der Waals surface area contributed by atoms with E-state index in [2.05, 4.69) is 5.32 Å². The minimum atomic E-state index is -1.73. The number of rotatable bonds is 7. The molecule has 0 spiro atoms. The number of benzene rings is 2. The predicted molar refractivity (Wildman–Crippen MR) is 116 cm³/mol. The van der Waals surface area contributed by atoms with Crippen LogP contribution in [-0.4, -0.2) is 29.1 Å². The number of cyclic esters (lactones) is 1. The van der Waals surface area contributed by atoms with Crippen molar-refractivity contribution in [3.05, 3.63) is 82.1 Å². The molecule has 158 valence electrons. The highest BCUT2D eigenvalue weighted by atomic mass is 35.5. The molecule has 0 bridgehead atoms. The van der Waals surface area contributed by atoms with Crippen LogP contribution in [0.1, 0.15) is 37.8 Å². The van der Waals surface area contributed by atoms with E-state index < -0.39 is 29.3 Å². The van der Waals surface area contributed by atoms with Crippen molar-refractivity contribution in [3.63, 3.8) is 0 Å². The lowest BCUT2D eigenvalue weighted by molar-refractivity contribution is -0.163. The summed E-state index contributed by atoms with van der Waals surface area (Å²) in [5.74, 6) is -2.33. The first kappa shape index (κ1) is 21.9. The van der Waals surface area contributed by atoms with E-state index in [0.717, 1.165) is 11.1 Å². The second-order valence-corrected chi connectivity index (χ2v) is 8.24. The Morgan fingerprint density at radius 3 is 2.33 bits per heavy atom. The number of carbonyl (C=O) groups is 2. The van der Waals surface area contributed by atoms with Gasteiger partial charge in [-0.3, -0.25) is 4.79 Å². The van der Waals surface area contributed by atoms with Gasteiger partial charge in [-0.25, -0.2) is 4.79 Å². The molecule has 0 radical (unpaired) electrons. The number of esters is 1. The van der Waals surface area contributed by atoms with Gasteiger partial charge in [0.25, 0.3) is 5.91 Å². The number of aliphatic hydroxyl groups excluding tert-OH is 1. The quantitative estimate of drug-likeness (QED) is 0.635. The Bertz CT molecular complexity index is 953. The van der Waals surface area contributed by atoms with Crippen LogP contribution >= 0.6 is 11.6 Å². The molecule has 2 aromatic rings. The lowest BCUT2D eigenvalue weighted by atomic mass is 9.83. The fourth-order valence-corrected chi connectivity index (χ4v) is 3.87. The van der Waals surface area contributed by atoms with Gasteiger partial charge in [-0.1, -0.05) is 74.8 Å². The molecule has 2 unspecified atom stereocenters. The van der Waals surface area contributed by atoms with E-state index in [1.165, 1.54) is 0 Å². The third-order valence-corrected chi connectivity index (χ3v) is 5.83. The van der Waals surface area contributed by atoms with Crippen LogP contribution in [0.25, 0.3) is 0 Å². The van der Waals surface area contributed by atoms with E-state index in [-0.39, 0.29) is 11.3 Å². The highest BCUT2D eigenvalue weighted by molar-refractivity contribution is 6.30. The number of halogens is 1. The zero-order chi connectivity index (χ0) is 21.9. The minimum Gasteiger partial charge on any atom is -0.507 e. The van der Waals surface area contributed by atoms with Crippen LogP contribution in [0.4, 0.5) is 0 Å². The fourth-order valence-electron chi connectivity index (χ4n) is 3.75. The predicted octanol–water partition coefficient (Wildman–Crippen LogP) is 4.57. The summed E-state index contributed by atoms with van der Waals surface area (Å²) in [5, 5.41) is 14.5. The first-order chi connectivity index (χ1) is 14.3. The molecule has 0 saturated heterocycles. The summed E-state index contributed by atoms with van der Waals surface area (Å²) < 4.78 is 5.57. The Kier molecular flexibility index (Phi) is 6.52. The molecule has 0 fully saturated rings. The van der Waals surface area contributed by atoms with Crippen molar-refractivity contribution in [3.8, 4) is 0 Å². The summed E-state index contributed by atoms with van der Waals surface area (Å²) in [6, 6.07) is 16.7. The van der Waals surface area contributed by atoms with Crippen molar-refractivity contribution in [2.45, 2.75) is 38.7 Å². The maximum absolute atomic E-state index is 13.1. The summed E-state index contributed by atoms with van der Waals surface area (Å²) in [6.45, 7) is 5.65. The molecule has 1 heterocycles. The van der Waals surface area contributed by atoms with Gasteiger partial charge in [0.2, 0.25) is 5.60 Å². The molecule has 1 amide bonds. The molecule has 1 aliphatic rings. The molecule has 0 aromatic heterocycles. The van der Waals surface area contributed by atoms with Gasteiger partial charge in [-0.05, 0) is 29.7 Å². The number of nitrogens with one attached hydrogen (secondary N) is 1. The summed E-state index contributed by atoms with van der Waals surface area (Å²) in [7, 11) is 0. The standard InChI is InChI=1S/C24H26ClNO4/c1-15(2)24(23(29)26-14-13-17-9-11-19(25)12-10-17)21(27)20(22(28)30-24)16(3)18-7-5-4-6-8-18/h4-12,15-16,27H,13-14H2,1-3H3,(H,26,29).